The molecule has 0 spiro atoms. The van der Waals surface area contributed by atoms with E-state index in [2.05, 4.69) is 15.8 Å². The first kappa shape index (κ1) is 28.5. The largest absolute Gasteiger partial charge is 0.493 e. The highest BCUT2D eigenvalue weighted by Crippen LogP contribution is 2.32. The summed E-state index contributed by atoms with van der Waals surface area (Å²) in [7, 11) is -0.926. The van der Waals surface area contributed by atoms with E-state index >= 15 is 0 Å². The molecule has 0 aromatic heterocycles. The van der Waals surface area contributed by atoms with Crippen LogP contribution in [0.15, 0.2) is 71.8 Å². The zero-order valence-electron chi connectivity index (χ0n) is 21.2. The number of hydrogen-bond donors (Lipinski definition) is 2. The molecule has 0 saturated carbocycles. The molecular formula is C26H27ClN4O6S. The quantitative estimate of drug-likeness (QED) is 0.287. The first-order chi connectivity index (χ1) is 18.0. The van der Waals surface area contributed by atoms with E-state index in [0.29, 0.717) is 39.0 Å². The molecule has 0 heterocycles. The van der Waals surface area contributed by atoms with Crippen LogP contribution in [-0.4, -0.2) is 53.0 Å². The number of carbonyl (C=O) groups excluding carboxylic acids is 2. The third-order valence-corrected chi connectivity index (χ3v) is 6.69. The Morgan fingerprint density at radius 2 is 1.63 bits per heavy atom. The van der Waals surface area contributed by atoms with Crippen molar-refractivity contribution in [1.82, 2.24) is 5.43 Å². The number of rotatable bonds is 10. The van der Waals surface area contributed by atoms with E-state index in [1.165, 1.54) is 26.4 Å². The third kappa shape index (κ3) is 7.46. The molecule has 0 bridgehead atoms. The van der Waals surface area contributed by atoms with E-state index in [9.17, 15) is 18.0 Å². The van der Waals surface area contributed by atoms with Gasteiger partial charge in [-0.15, -0.1) is 0 Å². The van der Waals surface area contributed by atoms with Crippen molar-refractivity contribution in [3.63, 3.8) is 0 Å². The SMILES string of the molecule is COc1ccc(N(CC(=O)N/N=C(/C)c2cccc(NC(=O)c3cccc(Cl)c3)c2)S(C)(=O)=O)cc1OC. The number of sulfonamides is 1. The van der Waals surface area contributed by atoms with Gasteiger partial charge in [-0.3, -0.25) is 13.9 Å². The van der Waals surface area contributed by atoms with Crippen LogP contribution >= 0.6 is 11.6 Å². The van der Waals surface area contributed by atoms with Gasteiger partial charge >= 0.3 is 0 Å². The lowest BCUT2D eigenvalue weighted by atomic mass is 10.1. The highest BCUT2D eigenvalue weighted by atomic mass is 35.5. The number of halogens is 1. The van der Waals surface area contributed by atoms with Crippen LogP contribution in [0.1, 0.15) is 22.8 Å². The predicted octanol–water partition coefficient (Wildman–Crippen LogP) is 3.92. The molecule has 200 valence electrons. The van der Waals surface area contributed by atoms with Crippen LogP contribution in [0.4, 0.5) is 11.4 Å². The second-order valence-electron chi connectivity index (χ2n) is 8.09. The van der Waals surface area contributed by atoms with Crippen LogP contribution in [0.2, 0.25) is 5.02 Å². The van der Waals surface area contributed by atoms with E-state index < -0.39 is 22.5 Å². The summed E-state index contributed by atoms with van der Waals surface area (Å²) in [6.45, 7) is 1.15. The van der Waals surface area contributed by atoms with E-state index in [1.54, 1.807) is 61.5 Å². The average molecular weight is 559 g/mol. The van der Waals surface area contributed by atoms with Gasteiger partial charge in [0.05, 0.1) is 31.9 Å². The van der Waals surface area contributed by atoms with Gasteiger partial charge in [0.25, 0.3) is 11.8 Å². The van der Waals surface area contributed by atoms with Crippen molar-refractivity contribution in [3.8, 4) is 11.5 Å². The number of nitrogens with zero attached hydrogens (tertiary/aromatic N) is 2. The zero-order valence-corrected chi connectivity index (χ0v) is 22.8. The van der Waals surface area contributed by atoms with E-state index in [-0.39, 0.29) is 11.6 Å². The first-order valence-corrected chi connectivity index (χ1v) is 13.4. The molecule has 0 saturated heterocycles. The van der Waals surface area contributed by atoms with Crippen molar-refractivity contribution in [3.05, 3.63) is 82.9 Å². The molecule has 10 nitrogen and oxygen atoms in total. The number of ether oxygens (including phenoxy) is 2. The number of nitrogens with one attached hydrogen (secondary N) is 2. The van der Waals surface area contributed by atoms with Gasteiger partial charge in [-0.25, -0.2) is 13.8 Å². The topological polar surface area (TPSA) is 126 Å². The fourth-order valence-electron chi connectivity index (χ4n) is 3.41. The minimum absolute atomic E-state index is 0.226. The third-order valence-electron chi connectivity index (χ3n) is 5.32. The molecule has 0 atom stereocenters. The predicted molar refractivity (Wildman–Crippen MR) is 148 cm³/mol. The summed E-state index contributed by atoms with van der Waals surface area (Å²) in [6.07, 6.45) is 0.995. The summed E-state index contributed by atoms with van der Waals surface area (Å²) in [6, 6.07) is 18.0. The van der Waals surface area contributed by atoms with Gasteiger partial charge in [0.2, 0.25) is 10.0 Å². The molecule has 2 N–H and O–H groups in total. The minimum Gasteiger partial charge on any atom is -0.493 e. The van der Waals surface area contributed by atoms with Gasteiger partial charge in [-0.2, -0.15) is 5.10 Å². The van der Waals surface area contributed by atoms with Crippen LogP contribution in [0.5, 0.6) is 11.5 Å². The average Bonchev–Trinajstić information content (AvgIpc) is 2.89. The maximum Gasteiger partial charge on any atom is 0.260 e. The molecule has 0 unspecified atom stereocenters. The fourth-order valence-corrected chi connectivity index (χ4v) is 4.45. The Morgan fingerprint density at radius 3 is 2.29 bits per heavy atom. The van der Waals surface area contributed by atoms with Crippen molar-refractivity contribution in [1.29, 1.82) is 0 Å². The Hall–Kier alpha value is -4.09. The van der Waals surface area contributed by atoms with E-state index in [0.717, 1.165) is 10.6 Å². The zero-order chi connectivity index (χ0) is 27.9. The van der Waals surface area contributed by atoms with Crippen LogP contribution in [0.25, 0.3) is 0 Å². The number of anilines is 2. The van der Waals surface area contributed by atoms with Crippen molar-refractivity contribution in [2.24, 2.45) is 5.10 Å². The normalized spacial score (nSPS) is 11.4. The number of benzene rings is 3. The molecule has 2 amide bonds. The number of amides is 2. The molecule has 3 aromatic rings. The molecule has 38 heavy (non-hydrogen) atoms. The van der Waals surface area contributed by atoms with Crippen LogP contribution in [0, 0.1) is 0 Å². The number of hydrazone groups is 1. The Morgan fingerprint density at radius 1 is 0.947 bits per heavy atom. The van der Waals surface area contributed by atoms with Crippen molar-refractivity contribution in [2.75, 3.05) is 36.6 Å². The Bertz CT molecular complexity index is 1480. The van der Waals surface area contributed by atoms with Gasteiger partial charge < -0.3 is 14.8 Å². The maximum atomic E-state index is 12.6. The molecule has 0 aliphatic rings. The molecule has 0 aliphatic heterocycles. The van der Waals surface area contributed by atoms with Gasteiger partial charge in [-0.05, 0) is 55.0 Å². The molecule has 0 fully saturated rings. The van der Waals surface area contributed by atoms with Gasteiger partial charge in [-0.1, -0.05) is 29.8 Å². The Kier molecular flexibility index (Phi) is 9.32. The maximum absolute atomic E-state index is 12.6. The lowest BCUT2D eigenvalue weighted by molar-refractivity contribution is -0.119. The monoisotopic (exact) mass is 558 g/mol. The standard InChI is InChI=1S/C26H27ClN4O6S/c1-17(18-7-6-10-21(14-18)28-26(33)19-8-5-9-20(27)13-19)29-30-25(32)16-31(38(4,34)35)22-11-12-23(36-2)24(15-22)37-3/h5-15H,16H2,1-4H3,(H,28,33)(H,30,32)/b29-17-. The summed E-state index contributed by atoms with van der Waals surface area (Å²) in [5.41, 5.74) is 4.61. The van der Waals surface area contributed by atoms with Crippen molar-refractivity contribution < 1.29 is 27.5 Å². The van der Waals surface area contributed by atoms with Gasteiger partial charge in [0.1, 0.15) is 6.54 Å². The van der Waals surface area contributed by atoms with Crippen LogP contribution < -0.4 is 24.5 Å². The lowest BCUT2D eigenvalue weighted by Gasteiger charge is -2.22. The van der Waals surface area contributed by atoms with Crippen LogP contribution in [0.3, 0.4) is 0 Å². The number of carbonyl (C=O) groups is 2. The van der Waals surface area contributed by atoms with E-state index in [1.807, 2.05) is 0 Å². The Balaban J connectivity index is 1.71. The number of methoxy groups -OCH3 is 2. The smallest absolute Gasteiger partial charge is 0.260 e. The molecular weight excluding hydrogens is 532 g/mol. The first-order valence-electron chi connectivity index (χ1n) is 11.2. The van der Waals surface area contributed by atoms with E-state index in [4.69, 9.17) is 21.1 Å². The highest BCUT2D eigenvalue weighted by molar-refractivity contribution is 7.92. The van der Waals surface area contributed by atoms with Crippen molar-refractivity contribution >= 4 is 50.5 Å². The minimum atomic E-state index is -3.81. The molecule has 12 heteroatoms. The Labute approximate surface area is 226 Å². The second-order valence-corrected chi connectivity index (χ2v) is 10.4. The summed E-state index contributed by atoms with van der Waals surface area (Å²) in [4.78, 5) is 25.1. The van der Waals surface area contributed by atoms with Gasteiger partial charge in [0, 0.05) is 22.3 Å². The second kappa shape index (κ2) is 12.4. The summed E-state index contributed by atoms with van der Waals surface area (Å²) in [5, 5.41) is 7.34. The summed E-state index contributed by atoms with van der Waals surface area (Å²) < 4.78 is 36.2. The summed E-state index contributed by atoms with van der Waals surface area (Å²) in [5.74, 6) is -0.255. The molecule has 3 rings (SSSR count). The molecule has 0 aliphatic carbocycles. The fraction of sp³-hybridized carbons (Fsp3) is 0.192. The number of hydrogen-bond acceptors (Lipinski definition) is 7. The lowest BCUT2D eigenvalue weighted by Crippen LogP contribution is -2.39. The highest BCUT2D eigenvalue weighted by Gasteiger charge is 2.22. The summed E-state index contributed by atoms with van der Waals surface area (Å²) >= 11 is 5.96. The molecule has 3 aromatic carbocycles. The van der Waals surface area contributed by atoms with Gasteiger partial charge in [0.15, 0.2) is 11.5 Å². The van der Waals surface area contributed by atoms with Crippen LogP contribution in [-0.2, 0) is 14.8 Å². The van der Waals surface area contributed by atoms with Crippen molar-refractivity contribution in [2.45, 2.75) is 6.92 Å². The molecule has 0 radical (unpaired) electrons.